The van der Waals surface area contributed by atoms with Crippen LogP contribution >= 0.6 is 0 Å². The first-order valence-electron chi connectivity index (χ1n) is 8.03. The van der Waals surface area contributed by atoms with Gasteiger partial charge < -0.3 is 10.5 Å². The number of hydrogen-bond acceptors (Lipinski definition) is 3. The molecule has 0 radical (unpaired) electrons. The highest BCUT2D eigenvalue weighted by molar-refractivity contribution is 4.88. The topological polar surface area (TPSA) is 38.5 Å². The highest BCUT2D eigenvalue weighted by atomic mass is 16.5. The van der Waals surface area contributed by atoms with Crippen LogP contribution in [0.2, 0.25) is 0 Å². The summed E-state index contributed by atoms with van der Waals surface area (Å²) in [6.45, 7) is 7.45. The van der Waals surface area contributed by atoms with Crippen LogP contribution in [0.25, 0.3) is 0 Å². The van der Waals surface area contributed by atoms with E-state index in [1.165, 1.54) is 38.5 Å². The molecule has 1 saturated carbocycles. The summed E-state index contributed by atoms with van der Waals surface area (Å²) in [5.41, 5.74) is 6.63. The molecule has 1 atom stereocenters. The standard InChI is InChI=1S/C16H32N2O/c1-16(2)8-4-14(5-9-16)18(3)15(12-17)13-6-10-19-11-7-13/h13-15H,4-12,17H2,1-3H3. The minimum absolute atomic E-state index is 0.550. The van der Waals surface area contributed by atoms with E-state index in [9.17, 15) is 0 Å². The molecule has 1 heterocycles. The molecule has 2 rings (SSSR count). The maximum Gasteiger partial charge on any atom is 0.0469 e. The molecule has 0 bridgehead atoms. The van der Waals surface area contributed by atoms with Crippen molar-refractivity contribution in [2.75, 3.05) is 26.8 Å². The molecule has 1 aliphatic heterocycles. The first kappa shape index (κ1) is 15.3. The third kappa shape index (κ3) is 3.93. The molecule has 0 aromatic heterocycles. The average molecular weight is 268 g/mol. The Kier molecular flexibility index (Phi) is 5.27. The Balaban J connectivity index is 1.91. The van der Waals surface area contributed by atoms with Crippen LogP contribution in [0.15, 0.2) is 0 Å². The zero-order valence-corrected chi connectivity index (χ0v) is 13.0. The Labute approximate surface area is 118 Å². The van der Waals surface area contributed by atoms with E-state index in [2.05, 4.69) is 25.8 Å². The molecular formula is C16H32N2O. The van der Waals surface area contributed by atoms with Crippen LogP contribution < -0.4 is 5.73 Å². The van der Waals surface area contributed by atoms with Crippen molar-refractivity contribution >= 4 is 0 Å². The van der Waals surface area contributed by atoms with Crippen molar-refractivity contribution in [1.82, 2.24) is 4.90 Å². The van der Waals surface area contributed by atoms with E-state index in [0.29, 0.717) is 11.5 Å². The van der Waals surface area contributed by atoms with E-state index in [0.717, 1.165) is 31.7 Å². The summed E-state index contributed by atoms with van der Waals surface area (Å²) in [5, 5.41) is 0. The normalized spacial score (nSPS) is 27.6. The van der Waals surface area contributed by atoms with Crippen molar-refractivity contribution in [2.24, 2.45) is 17.1 Å². The maximum atomic E-state index is 6.08. The van der Waals surface area contributed by atoms with Gasteiger partial charge in [-0.1, -0.05) is 13.8 Å². The van der Waals surface area contributed by atoms with Gasteiger partial charge in [0.05, 0.1) is 0 Å². The van der Waals surface area contributed by atoms with Gasteiger partial charge >= 0.3 is 0 Å². The van der Waals surface area contributed by atoms with E-state index in [-0.39, 0.29) is 0 Å². The number of rotatable bonds is 4. The molecule has 19 heavy (non-hydrogen) atoms. The Hall–Kier alpha value is -0.120. The molecule has 1 saturated heterocycles. The van der Waals surface area contributed by atoms with Crippen LogP contribution in [0.5, 0.6) is 0 Å². The zero-order valence-electron chi connectivity index (χ0n) is 13.0. The molecule has 2 N–H and O–H groups in total. The molecule has 2 aliphatic rings. The Morgan fingerprint density at radius 1 is 1.16 bits per heavy atom. The molecule has 2 fully saturated rings. The summed E-state index contributed by atoms with van der Waals surface area (Å²) in [4.78, 5) is 2.60. The maximum absolute atomic E-state index is 6.08. The molecule has 1 aliphatic carbocycles. The molecule has 3 nitrogen and oxygen atoms in total. The number of hydrogen-bond donors (Lipinski definition) is 1. The van der Waals surface area contributed by atoms with Gasteiger partial charge in [-0.15, -0.1) is 0 Å². The van der Waals surface area contributed by atoms with Crippen molar-refractivity contribution in [3.05, 3.63) is 0 Å². The quantitative estimate of drug-likeness (QED) is 0.852. The average Bonchev–Trinajstić information content (AvgIpc) is 2.40. The molecular weight excluding hydrogens is 236 g/mol. The molecule has 0 spiro atoms. The predicted molar refractivity (Wildman–Crippen MR) is 80.2 cm³/mol. The largest absolute Gasteiger partial charge is 0.381 e. The fourth-order valence-corrected chi connectivity index (χ4v) is 3.85. The second-order valence-electron chi connectivity index (χ2n) is 7.31. The Morgan fingerprint density at radius 2 is 1.74 bits per heavy atom. The Bertz CT molecular complexity index is 264. The monoisotopic (exact) mass is 268 g/mol. The third-order valence-corrected chi connectivity index (χ3v) is 5.46. The van der Waals surface area contributed by atoms with Gasteiger partial charge in [-0.3, -0.25) is 4.90 Å². The van der Waals surface area contributed by atoms with Crippen LogP contribution in [0.1, 0.15) is 52.4 Å². The lowest BCUT2D eigenvalue weighted by Crippen LogP contribution is -2.51. The van der Waals surface area contributed by atoms with E-state index in [1.807, 2.05) is 0 Å². The summed E-state index contributed by atoms with van der Waals surface area (Å²) in [6.07, 6.45) is 7.75. The molecule has 0 aromatic carbocycles. The first-order chi connectivity index (χ1) is 9.03. The van der Waals surface area contributed by atoms with Crippen molar-refractivity contribution in [1.29, 1.82) is 0 Å². The number of nitrogens with zero attached hydrogens (tertiary/aromatic N) is 1. The third-order valence-electron chi connectivity index (χ3n) is 5.46. The van der Waals surface area contributed by atoms with Crippen molar-refractivity contribution < 1.29 is 4.74 Å². The van der Waals surface area contributed by atoms with Crippen LogP contribution in [0.3, 0.4) is 0 Å². The van der Waals surface area contributed by atoms with Crippen LogP contribution in [0.4, 0.5) is 0 Å². The summed E-state index contributed by atoms with van der Waals surface area (Å²) >= 11 is 0. The highest BCUT2D eigenvalue weighted by Crippen LogP contribution is 2.37. The number of ether oxygens (including phenoxy) is 1. The van der Waals surface area contributed by atoms with Gasteiger partial charge in [-0.2, -0.15) is 0 Å². The molecule has 0 aromatic rings. The second kappa shape index (κ2) is 6.55. The summed E-state index contributed by atoms with van der Waals surface area (Å²) < 4.78 is 5.49. The number of nitrogens with two attached hydrogens (primary N) is 1. The van der Waals surface area contributed by atoms with E-state index >= 15 is 0 Å². The summed E-state index contributed by atoms with van der Waals surface area (Å²) in [6, 6.07) is 1.29. The van der Waals surface area contributed by atoms with Gasteiger partial charge in [-0.25, -0.2) is 0 Å². The van der Waals surface area contributed by atoms with Gasteiger partial charge in [0.2, 0.25) is 0 Å². The van der Waals surface area contributed by atoms with Gasteiger partial charge in [-0.05, 0) is 56.9 Å². The summed E-state index contributed by atoms with van der Waals surface area (Å²) in [5.74, 6) is 0.735. The van der Waals surface area contributed by atoms with Crippen molar-refractivity contribution in [3.63, 3.8) is 0 Å². The minimum Gasteiger partial charge on any atom is -0.381 e. The van der Waals surface area contributed by atoms with E-state index in [1.54, 1.807) is 0 Å². The molecule has 112 valence electrons. The van der Waals surface area contributed by atoms with Crippen molar-refractivity contribution in [3.8, 4) is 0 Å². The first-order valence-corrected chi connectivity index (χ1v) is 8.03. The molecule has 3 heteroatoms. The zero-order chi connectivity index (χ0) is 13.9. The van der Waals surface area contributed by atoms with Gasteiger partial charge in [0.1, 0.15) is 0 Å². The lowest BCUT2D eigenvalue weighted by Gasteiger charge is -2.44. The molecule has 0 amide bonds. The lowest BCUT2D eigenvalue weighted by atomic mass is 9.74. The molecule has 1 unspecified atom stereocenters. The van der Waals surface area contributed by atoms with Gasteiger partial charge in [0, 0.05) is 31.8 Å². The van der Waals surface area contributed by atoms with Gasteiger partial charge in [0.25, 0.3) is 0 Å². The van der Waals surface area contributed by atoms with Crippen LogP contribution in [-0.4, -0.2) is 43.8 Å². The SMILES string of the molecule is CN(C1CCC(C)(C)CC1)C(CN)C1CCOCC1. The van der Waals surface area contributed by atoms with E-state index in [4.69, 9.17) is 10.5 Å². The number of likely N-dealkylation sites (N-methyl/N-ethyl adjacent to an activating group) is 1. The van der Waals surface area contributed by atoms with E-state index < -0.39 is 0 Å². The van der Waals surface area contributed by atoms with Crippen molar-refractivity contribution in [2.45, 2.75) is 64.5 Å². The Morgan fingerprint density at radius 3 is 2.26 bits per heavy atom. The minimum atomic E-state index is 0.550. The highest BCUT2D eigenvalue weighted by Gasteiger charge is 2.34. The fraction of sp³-hybridized carbons (Fsp3) is 1.00. The second-order valence-corrected chi connectivity index (χ2v) is 7.31. The van der Waals surface area contributed by atoms with Crippen LogP contribution in [-0.2, 0) is 4.74 Å². The fourth-order valence-electron chi connectivity index (χ4n) is 3.85. The van der Waals surface area contributed by atoms with Gasteiger partial charge in [0.15, 0.2) is 0 Å². The smallest absolute Gasteiger partial charge is 0.0469 e. The lowest BCUT2D eigenvalue weighted by molar-refractivity contribution is 0.0122. The predicted octanol–water partition coefficient (Wildman–Crippen LogP) is 2.64. The summed E-state index contributed by atoms with van der Waals surface area (Å²) in [7, 11) is 2.30. The van der Waals surface area contributed by atoms with Crippen LogP contribution in [0, 0.1) is 11.3 Å².